The molecule has 0 unspecified atom stereocenters. The molecular formula is C24H27NO7. The maximum Gasteiger partial charge on any atom is 0.320 e. The van der Waals surface area contributed by atoms with Crippen molar-refractivity contribution in [2.24, 2.45) is 11.3 Å². The first-order chi connectivity index (χ1) is 15.3. The summed E-state index contributed by atoms with van der Waals surface area (Å²) in [6.07, 6.45) is -0.408. The second kappa shape index (κ2) is 9.46. The summed E-state index contributed by atoms with van der Waals surface area (Å²) in [5.74, 6) is -3.83. The molecule has 2 aromatic carbocycles. The average Bonchev–Trinajstić information content (AvgIpc) is 3.09. The summed E-state index contributed by atoms with van der Waals surface area (Å²) in [6, 6.07) is 11.3. The van der Waals surface area contributed by atoms with Crippen molar-refractivity contribution in [1.82, 2.24) is 0 Å². The molecule has 0 bridgehead atoms. The summed E-state index contributed by atoms with van der Waals surface area (Å²) in [7, 11) is 0. The smallest absolute Gasteiger partial charge is 0.320 e. The minimum absolute atomic E-state index is 0.0296. The van der Waals surface area contributed by atoms with Crippen LogP contribution < -0.4 is 0 Å². The minimum Gasteiger partial charge on any atom is -0.466 e. The van der Waals surface area contributed by atoms with Crippen LogP contribution in [0.3, 0.4) is 0 Å². The fourth-order valence-corrected chi connectivity index (χ4v) is 5.09. The van der Waals surface area contributed by atoms with E-state index in [1.807, 2.05) is 24.3 Å². The molecule has 32 heavy (non-hydrogen) atoms. The van der Waals surface area contributed by atoms with Gasteiger partial charge in [0.05, 0.1) is 25.6 Å². The van der Waals surface area contributed by atoms with E-state index in [-0.39, 0.29) is 26.1 Å². The third-order valence-electron chi connectivity index (χ3n) is 6.34. The van der Waals surface area contributed by atoms with E-state index in [0.29, 0.717) is 5.56 Å². The highest BCUT2D eigenvalue weighted by molar-refractivity contribution is 6.05. The van der Waals surface area contributed by atoms with Gasteiger partial charge in [0.15, 0.2) is 0 Å². The van der Waals surface area contributed by atoms with Gasteiger partial charge in [-0.3, -0.25) is 24.5 Å². The number of Topliss-reactive ketones (excluding diaryl/α,β-unsaturated/α-hetero) is 1. The number of nitro groups is 1. The van der Waals surface area contributed by atoms with Crippen LogP contribution in [-0.4, -0.2) is 41.9 Å². The Morgan fingerprint density at radius 1 is 1.06 bits per heavy atom. The number of rotatable bonds is 8. The van der Waals surface area contributed by atoms with Gasteiger partial charge in [-0.2, -0.15) is 0 Å². The summed E-state index contributed by atoms with van der Waals surface area (Å²) < 4.78 is 10.3. The van der Waals surface area contributed by atoms with Crippen LogP contribution in [-0.2, 0) is 23.9 Å². The van der Waals surface area contributed by atoms with Gasteiger partial charge in [0.2, 0.25) is 6.04 Å². The summed E-state index contributed by atoms with van der Waals surface area (Å²) in [6.45, 7) is 4.70. The molecule has 0 saturated heterocycles. The van der Waals surface area contributed by atoms with E-state index in [1.165, 1.54) is 6.92 Å². The van der Waals surface area contributed by atoms with E-state index >= 15 is 0 Å². The summed E-state index contributed by atoms with van der Waals surface area (Å²) in [4.78, 5) is 50.5. The first-order valence-corrected chi connectivity index (χ1v) is 10.7. The quantitative estimate of drug-likeness (QED) is 0.266. The van der Waals surface area contributed by atoms with Crippen molar-refractivity contribution >= 4 is 28.5 Å². The van der Waals surface area contributed by atoms with Crippen LogP contribution in [0.2, 0.25) is 0 Å². The molecule has 8 nitrogen and oxygen atoms in total. The Kier molecular flexibility index (Phi) is 6.91. The molecule has 3 rings (SSSR count). The molecule has 1 aliphatic rings. The number of fused-ring (bicyclic) bond motifs is 1. The molecule has 170 valence electrons. The summed E-state index contributed by atoms with van der Waals surface area (Å²) in [5.41, 5.74) is -1.24. The molecule has 1 fully saturated rings. The lowest BCUT2D eigenvalue weighted by Gasteiger charge is -2.31. The monoisotopic (exact) mass is 441 g/mol. The second-order valence-electron chi connectivity index (χ2n) is 8.04. The van der Waals surface area contributed by atoms with Crippen LogP contribution in [0.4, 0.5) is 0 Å². The first kappa shape index (κ1) is 23.4. The molecule has 0 aliphatic heterocycles. The number of nitrogens with zero attached hydrogens (tertiary/aromatic N) is 1. The number of benzene rings is 2. The van der Waals surface area contributed by atoms with Crippen LogP contribution >= 0.6 is 0 Å². The molecule has 0 spiro atoms. The lowest BCUT2D eigenvalue weighted by atomic mass is 9.69. The third kappa shape index (κ3) is 3.97. The maximum absolute atomic E-state index is 13.3. The van der Waals surface area contributed by atoms with E-state index < -0.39 is 45.9 Å². The molecule has 1 saturated carbocycles. The average molecular weight is 441 g/mol. The molecule has 4 atom stereocenters. The summed E-state index contributed by atoms with van der Waals surface area (Å²) >= 11 is 0. The van der Waals surface area contributed by atoms with Gasteiger partial charge in [-0.1, -0.05) is 42.5 Å². The van der Waals surface area contributed by atoms with Crippen molar-refractivity contribution in [1.29, 1.82) is 0 Å². The first-order valence-electron chi connectivity index (χ1n) is 10.7. The lowest BCUT2D eigenvalue weighted by Crippen LogP contribution is -2.44. The Labute approximate surface area is 186 Å². The van der Waals surface area contributed by atoms with Crippen LogP contribution in [0.1, 0.15) is 45.1 Å². The standard InChI is InChI=1S/C24H27NO7/c1-4-31-20(27)13-17-14-24(15(3)26,23(28)32-5-2)21(22(17)25(29)30)19-12-8-10-16-9-6-7-11-18(16)19/h6-12,17,21-22H,4-5,13-14H2,1-3H3/t17-,21+,22-,24+/m1/s1. The van der Waals surface area contributed by atoms with Gasteiger partial charge in [0, 0.05) is 10.8 Å². The van der Waals surface area contributed by atoms with Crippen LogP contribution in [0.15, 0.2) is 42.5 Å². The maximum atomic E-state index is 13.3. The van der Waals surface area contributed by atoms with Gasteiger partial charge >= 0.3 is 11.9 Å². The van der Waals surface area contributed by atoms with Crippen molar-refractivity contribution in [2.45, 2.75) is 45.6 Å². The van der Waals surface area contributed by atoms with E-state index in [4.69, 9.17) is 9.47 Å². The van der Waals surface area contributed by atoms with E-state index in [9.17, 15) is 24.5 Å². The second-order valence-corrected chi connectivity index (χ2v) is 8.04. The number of hydrogen-bond acceptors (Lipinski definition) is 7. The normalized spacial score (nSPS) is 24.8. The zero-order valence-corrected chi connectivity index (χ0v) is 18.4. The van der Waals surface area contributed by atoms with E-state index in [1.54, 1.807) is 32.0 Å². The Balaban J connectivity index is 2.27. The zero-order chi connectivity index (χ0) is 23.5. The van der Waals surface area contributed by atoms with Gasteiger partial charge in [0.1, 0.15) is 11.2 Å². The minimum atomic E-state index is -1.77. The Hall–Kier alpha value is -3.29. The fraction of sp³-hybridized carbons (Fsp3) is 0.458. The molecule has 0 heterocycles. The number of ether oxygens (including phenoxy) is 2. The Morgan fingerprint density at radius 3 is 2.34 bits per heavy atom. The number of esters is 2. The molecule has 0 amide bonds. The molecule has 8 heteroatoms. The Morgan fingerprint density at radius 2 is 1.72 bits per heavy atom. The SMILES string of the molecule is CCOC(=O)C[C@@H]1C[C@@](C(C)=O)(C(=O)OCC)[C@@H](c2cccc3ccccc23)[C@@H]1[N+](=O)[O-]. The number of ketones is 1. The topological polar surface area (TPSA) is 113 Å². The van der Waals surface area contributed by atoms with Crippen LogP contribution in [0.5, 0.6) is 0 Å². The van der Waals surface area contributed by atoms with E-state index in [0.717, 1.165) is 10.8 Å². The van der Waals surface area contributed by atoms with E-state index in [2.05, 4.69) is 0 Å². The van der Waals surface area contributed by atoms with Gasteiger partial charge in [-0.15, -0.1) is 0 Å². The molecular weight excluding hydrogens is 414 g/mol. The molecule has 0 N–H and O–H groups in total. The lowest BCUT2D eigenvalue weighted by molar-refractivity contribution is -0.532. The van der Waals surface area contributed by atoms with Crippen molar-refractivity contribution in [3.63, 3.8) is 0 Å². The van der Waals surface area contributed by atoms with Gasteiger partial charge in [-0.25, -0.2) is 0 Å². The van der Waals surface area contributed by atoms with Gasteiger partial charge in [-0.05, 0) is 43.5 Å². The Bertz CT molecular complexity index is 1040. The predicted molar refractivity (Wildman–Crippen MR) is 117 cm³/mol. The van der Waals surface area contributed by atoms with Crippen molar-refractivity contribution in [3.8, 4) is 0 Å². The highest BCUT2D eigenvalue weighted by atomic mass is 16.6. The van der Waals surface area contributed by atoms with Gasteiger partial charge in [0.25, 0.3) is 0 Å². The molecule has 0 radical (unpaired) electrons. The third-order valence-corrected chi connectivity index (χ3v) is 6.34. The predicted octanol–water partition coefficient (Wildman–Crippen LogP) is 3.68. The molecule has 2 aromatic rings. The number of hydrogen-bond donors (Lipinski definition) is 0. The molecule has 1 aliphatic carbocycles. The van der Waals surface area contributed by atoms with Crippen molar-refractivity contribution < 1.29 is 28.8 Å². The van der Waals surface area contributed by atoms with Crippen LogP contribution in [0, 0.1) is 21.4 Å². The van der Waals surface area contributed by atoms with Crippen LogP contribution in [0.25, 0.3) is 10.8 Å². The van der Waals surface area contributed by atoms with Crippen molar-refractivity contribution in [2.75, 3.05) is 13.2 Å². The number of carbonyl (C=O) groups excluding carboxylic acids is 3. The largest absolute Gasteiger partial charge is 0.466 e. The highest BCUT2D eigenvalue weighted by Gasteiger charge is 2.67. The highest BCUT2D eigenvalue weighted by Crippen LogP contribution is 2.56. The number of carbonyl (C=O) groups is 3. The molecule has 0 aromatic heterocycles. The van der Waals surface area contributed by atoms with Crippen molar-refractivity contribution in [3.05, 3.63) is 58.1 Å². The van der Waals surface area contributed by atoms with Gasteiger partial charge < -0.3 is 9.47 Å². The summed E-state index contributed by atoms with van der Waals surface area (Å²) in [5, 5.41) is 13.9. The fourth-order valence-electron chi connectivity index (χ4n) is 5.09. The zero-order valence-electron chi connectivity index (χ0n) is 18.4.